The quantitative estimate of drug-likeness (QED) is 0.139. The van der Waals surface area contributed by atoms with E-state index in [1.54, 1.807) is 0 Å². The van der Waals surface area contributed by atoms with Gasteiger partial charge in [-0.05, 0) is 33.1 Å². The van der Waals surface area contributed by atoms with Crippen LogP contribution in [0.2, 0.25) is 0 Å². The molecule has 2 N–H and O–H groups in total. The molecule has 0 spiro atoms. The van der Waals surface area contributed by atoms with Crippen LogP contribution in [0.1, 0.15) is 170 Å². The monoisotopic (exact) mass is 494 g/mol. The average Bonchev–Trinajstić information content (AvgIpc) is 2.77. The highest BCUT2D eigenvalue weighted by Gasteiger charge is 2.26. The lowest BCUT2D eigenvalue weighted by Gasteiger charge is -2.27. The Hall–Kier alpha value is -1.06. The number of amides is 2. The van der Waals surface area contributed by atoms with Crippen molar-refractivity contribution in [2.45, 2.75) is 182 Å². The Balaban J connectivity index is 3.52. The van der Waals surface area contributed by atoms with Gasteiger partial charge in [0.25, 0.3) is 0 Å². The molecular weight excluding hydrogens is 432 g/mol. The molecule has 4 heteroatoms. The van der Waals surface area contributed by atoms with Crippen LogP contribution in [0.25, 0.3) is 0 Å². The molecule has 0 radical (unpaired) electrons. The van der Waals surface area contributed by atoms with E-state index >= 15 is 0 Å². The van der Waals surface area contributed by atoms with Crippen molar-refractivity contribution in [1.29, 1.82) is 0 Å². The van der Waals surface area contributed by atoms with Gasteiger partial charge in [-0.25, -0.2) is 0 Å². The number of hydrogen-bond acceptors (Lipinski definition) is 2. The Labute approximate surface area is 219 Å². The van der Waals surface area contributed by atoms with Crippen molar-refractivity contribution < 1.29 is 9.59 Å². The molecule has 4 nitrogen and oxygen atoms in total. The standard InChI is InChI=1S/C31H62N2O2/c1-7-8-9-10-11-12-13-14-15-16-17-18-19-20-21-22-23-24-25-26-28(34)32-29(27(2)3)30(35)33-31(4,5)6/h27,29H,7-26H2,1-6H3,(H,32,34)(H,33,35)/t29-/m0/s1. The van der Waals surface area contributed by atoms with Crippen LogP contribution in [0.4, 0.5) is 0 Å². The first-order chi connectivity index (χ1) is 16.7. The van der Waals surface area contributed by atoms with Gasteiger partial charge >= 0.3 is 0 Å². The third kappa shape index (κ3) is 23.1. The third-order valence-corrected chi connectivity index (χ3v) is 6.77. The van der Waals surface area contributed by atoms with E-state index in [0.717, 1.165) is 12.8 Å². The second-order valence-corrected chi connectivity index (χ2v) is 12.1. The fraction of sp³-hybridized carbons (Fsp3) is 0.935. The molecule has 0 aliphatic rings. The zero-order valence-electron chi connectivity index (χ0n) is 24.6. The van der Waals surface area contributed by atoms with Crippen LogP contribution >= 0.6 is 0 Å². The zero-order chi connectivity index (χ0) is 26.4. The van der Waals surface area contributed by atoms with E-state index in [4.69, 9.17) is 0 Å². The van der Waals surface area contributed by atoms with Crippen molar-refractivity contribution in [1.82, 2.24) is 10.6 Å². The minimum absolute atomic E-state index is 0.000247. The largest absolute Gasteiger partial charge is 0.350 e. The van der Waals surface area contributed by atoms with Gasteiger partial charge in [0, 0.05) is 12.0 Å². The summed E-state index contributed by atoms with van der Waals surface area (Å²) in [5, 5.41) is 5.93. The maximum absolute atomic E-state index is 12.5. The second-order valence-electron chi connectivity index (χ2n) is 12.1. The van der Waals surface area contributed by atoms with Gasteiger partial charge in [-0.15, -0.1) is 0 Å². The lowest BCUT2D eigenvalue weighted by Crippen LogP contribution is -2.54. The van der Waals surface area contributed by atoms with Gasteiger partial charge in [0.05, 0.1) is 0 Å². The van der Waals surface area contributed by atoms with Crippen molar-refractivity contribution in [3.63, 3.8) is 0 Å². The van der Waals surface area contributed by atoms with Gasteiger partial charge in [0.15, 0.2) is 0 Å². The number of carbonyl (C=O) groups excluding carboxylic acids is 2. The highest BCUT2D eigenvalue weighted by Crippen LogP contribution is 2.15. The Bertz CT molecular complexity index is 511. The maximum atomic E-state index is 12.5. The minimum Gasteiger partial charge on any atom is -0.350 e. The molecule has 0 aliphatic carbocycles. The highest BCUT2D eigenvalue weighted by molar-refractivity contribution is 5.88. The maximum Gasteiger partial charge on any atom is 0.243 e. The molecule has 0 aromatic carbocycles. The lowest BCUT2D eigenvalue weighted by atomic mass is 10.0. The first-order valence-electron chi connectivity index (χ1n) is 15.3. The van der Waals surface area contributed by atoms with Gasteiger partial charge in [0.2, 0.25) is 11.8 Å². The van der Waals surface area contributed by atoms with E-state index in [2.05, 4.69) is 17.6 Å². The van der Waals surface area contributed by atoms with Crippen LogP contribution in [0.15, 0.2) is 0 Å². The van der Waals surface area contributed by atoms with Crippen LogP contribution < -0.4 is 10.6 Å². The Kier molecular flexibility index (Phi) is 21.5. The summed E-state index contributed by atoms with van der Waals surface area (Å²) < 4.78 is 0. The van der Waals surface area contributed by atoms with Gasteiger partial charge in [-0.2, -0.15) is 0 Å². The zero-order valence-corrected chi connectivity index (χ0v) is 24.6. The summed E-state index contributed by atoms with van der Waals surface area (Å²) in [4.78, 5) is 24.8. The predicted molar refractivity (Wildman–Crippen MR) is 153 cm³/mol. The van der Waals surface area contributed by atoms with Gasteiger partial charge in [0.1, 0.15) is 6.04 Å². The van der Waals surface area contributed by atoms with Crippen molar-refractivity contribution in [2.75, 3.05) is 0 Å². The summed E-state index contributed by atoms with van der Waals surface area (Å²) in [5.41, 5.74) is -0.290. The average molecular weight is 495 g/mol. The van der Waals surface area contributed by atoms with Crippen LogP contribution in [-0.4, -0.2) is 23.4 Å². The lowest BCUT2D eigenvalue weighted by molar-refractivity contribution is -0.131. The number of carbonyl (C=O) groups is 2. The van der Waals surface area contributed by atoms with E-state index < -0.39 is 6.04 Å². The van der Waals surface area contributed by atoms with Crippen LogP contribution in [0, 0.1) is 5.92 Å². The molecule has 0 saturated heterocycles. The second kappa shape index (κ2) is 22.2. The molecule has 0 unspecified atom stereocenters. The molecule has 0 aromatic rings. The summed E-state index contributed by atoms with van der Waals surface area (Å²) in [6.45, 7) is 12.1. The van der Waals surface area contributed by atoms with E-state index in [-0.39, 0.29) is 23.3 Å². The molecule has 35 heavy (non-hydrogen) atoms. The van der Waals surface area contributed by atoms with Crippen molar-refractivity contribution >= 4 is 11.8 Å². The third-order valence-electron chi connectivity index (χ3n) is 6.77. The Morgan fingerprint density at radius 1 is 0.600 bits per heavy atom. The normalized spacial score (nSPS) is 12.7. The summed E-state index contributed by atoms with van der Waals surface area (Å²) >= 11 is 0. The summed E-state index contributed by atoms with van der Waals surface area (Å²) in [6.07, 6.45) is 26.2. The van der Waals surface area contributed by atoms with Crippen molar-refractivity contribution in [3.8, 4) is 0 Å². The number of hydrogen-bond donors (Lipinski definition) is 2. The van der Waals surface area contributed by atoms with Gasteiger partial charge in [-0.3, -0.25) is 9.59 Å². The molecular formula is C31H62N2O2. The van der Waals surface area contributed by atoms with Crippen LogP contribution in [0.5, 0.6) is 0 Å². The van der Waals surface area contributed by atoms with E-state index in [9.17, 15) is 9.59 Å². The van der Waals surface area contributed by atoms with E-state index in [1.165, 1.54) is 109 Å². The minimum atomic E-state index is -0.456. The first kappa shape index (κ1) is 33.9. The SMILES string of the molecule is CCCCCCCCCCCCCCCCCCCCCC(=O)N[C@H](C(=O)NC(C)(C)C)C(C)C. The van der Waals surface area contributed by atoms with Crippen LogP contribution in [0.3, 0.4) is 0 Å². The number of unbranched alkanes of at least 4 members (excludes halogenated alkanes) is 18. The molecule has 0 aliphatic heterocycles. The molecule has 0 bridgehead atoms. The summed E-state index contributed by atoms with van der Waals surface area (Å²) in [7, 11) is 0. The fourth-order valence-corrected chi connectivity index (χ4v) is 4.59. The Morgan fingerprint density at radius 2 is 0.943 bits per heavy atom. The molecule has 0 saturated carbocycles. The van der Waals surface area contributed by atoms with E-state index in [1.807, 2.05) is 34.6 Å². The molecule has 0 heterocycles. The topological polar surface area (TPSA) is 58.2 Å². The smallest absolute Gasteiger partial charge is 0.243 e. The van der Waals surface area contributed by atoms with E-state index in [0.29, 0.717) is 6.42 Å². The Morgan fingerprint density at radius 3 is 1.26 bits per heavy atom. The molecule has 1 atom stereocenters. The molecule has 0 aromatic heterocycles. The molecule has 0 rings (SSSR count). The predicted octanol–water partition coefficient (Wildman–Crippen LogP) is 8.86. The van der Waals surface area contributed by atoms with Gasteiger partial charge < -0.3 is 10.6 Å². The fourth-order valence-electron chi connectivity index (χ4n) is 4.59. The highest BCUT2D eigenvalue weighted by atomic mass is 16.2. The number of nitrogens with one attached hydrogen (secondary N) is 2. The first-order valence-corrected chi connectivity index (χ1v) is 15.3. The molecule has 2 amide bonds. The summed E-state index contributed by atoms with van der Waals surface area (Å²) in [5.74, 6) is -0.0137. The molecule has 0 fully saturated rings. The van der Waals surface area contributed by atoms with Crippen molar-refractivity contribution in [3.05, 3.63) is 0 Å². The van der Waals surface area contributed by atoms with Crippen LogP contribution in [-0.2, 0) is 9.59 Å². The van der Waals surface area contributed by atoms with Gasteiger partial charge in [-0.1, -0.05) is 136 Å². The molecule has 208 valence electrons. The summed E-state index contributed by atoms with van der Waals surface area (Å²) in [6, 6.07) is -0.456. The number of rotatable bonds is 23. The van der Waals surface area contributed by atoms with Crippen molar-refractivity contribution in [2.24, 2.45) is 5.92 Å².